The summed E-state index contributed by atoms with van der Waals surface area (Å²) >= 11 is 3.38. The molecule has 1 heterocycles. The van der Waals surface area contributed by atoms with Crippen molar-refractivity contribution in [3.05, 3.63) is 34.6 Å². The topological polar surface area (TPSA) is 52.0 Å². The van der Waals surface area contributed by atoms with Crippen LogP contribution in [0.2, 0.25) is 0 Å². The molecule has 0 atom stereocenters. The fraction of sp³-hybridized carbons (Fsp3) is 0.100. The average Bonchev–Trinajstić information content (AvgIpc) is 2.63. The molecule has 0 bridgehead atoms. The van der Waals surface area contributed by atoms with Crippen LogP contribution in [-0.4, -0.2) is 4.98 Å². The molecule has 2 rings (SSSR count). The highest BCUT2D eigenvalue weighted by molar-refractivity contribution is 9.10. The molecule has 1 aromatic carbocycles. The van der Waals surface area contributed by atoms with Gasteiger partial charge in [0, 0.05) is 15.7 Å². The van der Waals surface area contributed by atoms with Crippen molar-refractivity contribution in [2.75, 3.05) is 5.73 Å². The highest BCUT2D eigenvalue weighted by atomic mass is 79.9. The Labute approximate surface area is 90.1 Å². The van der Waals surface area contributed by atoms with E-state index in [4.69, 9.17) is 10.2 Å². The van der Waals surface area contributed by atoms with Crippen molar-refractivity contribution in [3.63, 3.8) is 0 Å². The second-order valence-electron chi connectivity index (χ2n) is 3.00. The number of nitrogen functional groups attached to an aromatic ring is 1. The lowest BCUT2D eigenvalue weighted by Gasteiger charge is -2.05. The zero-order valence-corrected chi connectivity index (χ0v) is 9.21. The van der Waals surface area contributed by atoms with Crippen LogP contribution in [0.4, 0.5) is 5.69 Å². The predicted octanol–water partition coefficient (Wildman–Crippen LogP) is 2.99. The Balaban J connectivity index is 2.64. The molecule has 1 aromatic heterocycles. The molecular formula is C10H9BrN2O. The standard InChI is InChI=1S/C10H9BrN2O/c1-6-8(10-13-2-3-14-10)4-7(11)5-9(6)12/h2-5H,12H2,1H3. The molecule has 0 amide bonds. The maximum absolute atomic E-state index is 5.83. The molecule has 0 spiro atoms. The van der Waals surface area contributed by atoms with Gasteiger partial charge in [0.1, 0.15) is 6.26 Å². The van der Waals surface area contributed by atoms with E-state index >= 15 is 0 Å². The molecule has 0 aliphatic rings. The third-order valence-corrected chi connectivity index (χ3v) is 2.53. The molecule has 0 radical (unpaired) electrons. The summed E-state index contributed by atoms with van der Waals surface area (Å²) in [6.45, 7) is 1.95. The monoisotopic (exact) mass is 252 g/mol. The van der Waals surface area contributed by atoms with Crippen LogP contribution in [-0.2, 0) is 0 Å². The number of oxazole rings is 1. The fourth-order valence-corrected chi connectivity index (χ4v) is 1.75. The first kappa shape index (κ1) is 9.27. The number of anilines is 1. The number of hydrogen-bond donors (Lipinski definition) is 1. The molecule has 0 fully saturated rings. The highest BCUT2D eigenvalue weighted by Crippen LogP contribution is 2.29. The first-order chi connectivity index (χ1) is 6.68. The van der Waals surface area contributed by atoms with E-state index in [-0.39, 0.29) is 0 Å². The van der Waals surface area contributed by atoms with Crippen LogP contribution in [0.1, 0.15) is 5.56 Å². The summed E-state index contributed by atoms with van der Waals surface area (Å²) in [6, 6.07) is 3.80. The Bertz CT molecular complexity index is 451. The van der Waals surface area contributed by atoms with Crippen LogP contribution in [0.25, 0.3) is 11.5 Å². The SMILES string of the molecule is Cc1c(N)cc(Br)cc1-c1ncco1. The van der Waals surface area contributed by atoms with E-state index in [1.54, 1.807) is 12.5 Å². The van der Waals surface area contributed by atoms with Crippen LogP contribution in [0.5, 0.6) is 0 Å². The summed E-state index contributed by atoms with van der Waals surface area (Å²) in [4.78, 5) is 4.09. The molecule has 0 saturated carbocycles. The molecule has 2 aromatic rings. The van der Waals surface area contributed by atoms with E-state index in [0.717, 1.165) is 21.3 Å². The van der Waals surface area contributed by atoms with Crippen molar-refractivity contribution in [1.29, 1.82) is 0 Å². The van der Waals surface area contributed by atoms with Crippen LogP contribution < -0.4 is 5.73 Å². The van der Waals surface area contributed by atoms with Gasteiger partial charge in [-0.25, -0.2) is 4.98 Å². The van der Waals surface area contributed by atoms with Gasteiger partial charge in [0.25, 0.3) is 0 Å². The number of benzene rings is 1. The molecule has 2 N–H and O–H groups in total. The predicted molar refractivity (Wildman–Crippen MR) is 58.8 cm³/mol. The summed E-state index contributed by atoms with van der Waals surface area (Å²) in [6.07, 6.45) is 3.16. The van der Waals surface area contributed by atoms with Crippen molar-refractivity contribution < 1.29 is 4.42 Å². The summed E-state index contributed by atoms with van der Waals surface area (Å²) in [7, 11) is 0. The van der Waals surface area contributed by atoms with E-state index in [9.17, 15) is 0 Å². The normalized spacial score (nSPS) is 10.4. The number of aromatic nitrogens is 1. The van der Waals surface area contributed by atoms with Gasteiger partial charge < -0.3 is 10.2 Å². The van der Waals surface area contributed by atoms with Crippen LogP contribution in [0.15, 0.2) is 33.5 Å². The van der Waals surface area contributed by atoms with E-state index in [1.165, 1.54) is 0 Å². The van der Waals surface area contributed by atoms with Gasteiger partial charge in [-0.1, -0.05) is 15.9 Å². The number of rotatable bonds is 1. The molecule has 0 saturated heterocycles. The summed E-state index contributed by atoms with van der Waals surface area (Å²) < 4.78 is 6.15. The summed E-state index contributed by atoms with van der Waals surface area (Å²) in [5.74, 6) is 0.593. The largest absolute Gasteiger partial charge is 0.445 e. The van der Waals surface area contributed by atoms with Crippen molar-refractivity contribution in [1.82, 2.24) is 4.98 Å². The molecule has 4 heteroatoms. The minimum Gasteiger partial charge on any atom is -0.445 e. The highest BCUT2D eigenvalue weighted by Gasteiger charge is 2.09. The number of nitrogens with zero attached hydrogens (tertiary/aromatic N) is 1. The van der Waals surface area contributed by atoms with Crippen LogP contribution in [0.3, 0.4) is 0 Å². The Morgan fingerprint density at radius 1 is 1.43 bits per heavy atom. The average molecular weight is 253 g/mol. The molecule has 14 heavy (non-hydrogen) atoms. The molecule has 3 nitrogen and oxygen atoms in total. The smallest absolute Gasteiger partial charge is 0.226 e. The van der Waals surface area contributed by atoms with Gasteiger partial charge in [-0.05, 0) is 24.6 Å². The zero-order valence-electron chi connectivity index (χ0n) is 7.62. The molecule has 0 unspecified atom stereocenters. The first-order valence-electron chi connectivity index (χ1n) is 4.14. The second kappa shape index (κ2) is 3.46. The Morgan fingerprint density at radius 3 is 2.86 bits per heavy atom. The fourth-order valence-electron chi connectivity index (χ4n) is 1.28. The maximum Gasteiger partial charge on any atom is 0.226 e. The molecular weight excluding hydrogens is 244 g/mol. The molecule has 0 aliphatic carbocycles. The Morgan fingerprint density at radius 2 is 2.21 bits per heavy atom. The van der Waals surface area contributed by atoms with Crippen LogP contribution in [0, 0.1) is 6.92 Å². The molecule has 72 valence electrons. The van der Waals surface area contributed by atoms with E-state index in [1.807, 2.05) is 19.1 Å². The van der Waals surface area contributed by atoms with Crippen molar-refractivity contribution in [2.24, 2.45) is 0 Å². The third kappa shape index (κ3) is 1.53. The van der Waals surface area contributed by atoms with Crippen molar-refractivity contribution in [2.45, 2.75) is 6.92 Å². The minimum atomic E-state index is 0.593. The van der Waals surface area contributed by atoms with E-state index in [2.05, 4.69) is 20.9 Å². The summed E-state index contributed by atoms with van der Waals surface area (Å²) in [5.41, 5.74) is 8.46. The number of nitrogens with two attached hydrogens (primary N) is 1. The third-order valence-electron chi connectivity index (χ3n) is 2.08. The van der Waals surface area contributed by atoms with Gasteiger partial charge in [-0.2, -0.15) is 0 Å². The van der Waals surface area contributed by atoms with Gasteiger partial charge in [-0.3, -0.25) is 0 Å². The zero-order chi connectivity index (χ0) is 10.1. The van der Waals surface area contributed by atoms with Gasteiger partial charge in [0.15, 0.2) is 0 Å². The number of halogens is 1. The number of hydrogen-bond acceptors (Lipinski definition) is 3. The lowest BCUT2D eigenvalue weighted by Crippen LogP contribution is -1.92. The molecule has 0 aliphatic heterocycles. The maximum atomic E-state index is 5.83. The van der Waals surface area contributed by atoms with Gasteiger partial charge in [0.05, 0.1) is 6.20 Å². The van der Waals surface area contributed by atoms with Gasteiger partial charge >= 0.3 is 0 Å². The van der Waals surface area contributed by atoms with Crippen molar-refractivity contribution >= 4 is 21.6 Å². The van der Waals surface area contributed by atoms with E-state index < -0.39 is 0 Å². The lowest BCUT2D eigenvalue weighted by molar-refractivity contribution is 0.574. The van der Waals surface area contributed by atoms with Crippen LogP contribution >= 0.6 is 15.9 Å². The summed E-state index contributed by atoms with van der Waals surface area (Å²) in [5, 5.41) is 0. The van der Waals surface area contributed by atoms with Gasteiger partial charge in [0.2, 0.25) is 5.89 Å². The van der Waals surface area contributed by atoms with Gasteiger partial charge in [-0.15, -0.1) is 0 Å². The first-order valence-corrected chi connectivity index (χ1v) is 4.93. The quantitative estimate of drug-likeness (QED) is 0.795. The minimum absolute atomic E-state index is 0.593. The van der Waals surface area contributed by atoms with Crippen molar-refractivity contribution in [3.8, 4) is 11.5 Å². The second-order valence-corrected chi connectivity index (χ2v) is 3.92. The van der Waals surface area contributed by atoms with E-state index in [0.29, 0.717) is 5.89 Å². The Hall–Kier alpha value is -1.29. The lowest BCUT2D eigenvalue weighted by atomic mass is 10.1. The Kier molecular flexibility index (Phi) is 2.29.